The lowest BCUT2D eigenvalue weighted by Gasteiger charge is -2.17. The number of amides is 1. The van der Waals surface area contributed by atoms with E-state index in [4.69, 9.17) is 0 Å². The Morgan fingerprint density at radius 1 is 1.50 bits per heavy atom. The minimum Gasteiger partial charge on any atom is -0.506 e. The fourth-order valence-electron chi connectivity index (χ4n) is 2.05. The molecule has 1 aliphatic heterocycles. The van der Waals surface area contributed by atoms with E-state index in [1.54, 1.807) is 29.2 Å². The highest BCUT2D eigenvalue weighted by atomic mass is 32.2. The molecular formula is C13H15NO3S. The van der Waals surface area contributed by atoms with Crippen molar-refractivity contribution in [2.45, 2.75) is 13.3 Å². The Hall–Kier alpha value is -1.49. The van der Waals surface area contributed by atoms with Crippen LogP contribution in [0.15, 0.2) is 24.3 Å². The minimum absolute atomic E-state index is 0.00523. The Kier molecular flexibility index (Phi) is 3.91. The van der Waals surface area contributed by atoms with Crippen molar-refractivity contribution in [2.24, 2.45) is 5.92 Å². The fraction of sp³-hybridized carbons (Fsp3) is 0.385. The van der Waals surface area contributed by atoms with Crippen molar-refractivity contribution in [2.75, 3.05) is 17.2 Å². The molecule has 0 spiro atoms. The summed E-state index contributed by atoms with van der Waals surface area (Å²) in [6, 6.07) is 6.82. The van der Waals surface area contributed by atoms with Gasteiger partial charge in [-0.05, 0) is 18.1 Å². The zero-order chi connectivity index (χ0) is 13.1. The number of phenolic OH excluding ortho intramolecular Hbond substituents is 1. The van der Waals surface area contributed by atoms with E-state index in [0.717, 1.165) is 0 Å². The average Bonchev–Trinajstić information content (AvgIpc) is 2.69. The van der Waals surface area contributed by atoms with E-state index in [2.05, 4.69) is 0 Å². The number of nitrogens with zero attached hydrogens (tertiary/aromatic N) is 1. The van der Waals surface area contributed by atoms with E-state index in [-0.39, 0.29) is 22.7 Å². The standard InChI is InChI=1S/C13H15NO3S/c1-9(15)18-8-10-6-13(17)14(7-10)11-4-2-3-5-12(11)16/h2-5,10,16H,6-8H2,1H3. The van der Waals surface area contributed by atoms with Crippen molar-refractivity contribution in [3.8, 4) is 5.75 Å². The van der Waals surface area contributed by atoms with Crippen molar-refractivity contribution >= 4 is 28.5 Å². The van der Waals surface area contributed by atoms with E-state index in [1.807, 2.05) is 0 Å². The van der Waals surface area contributed by atoms with Crippen molar-refractivity contribution in [3.63, 3.8) is 0 Å². The van der Waals surface area contributed by atoms with Crippen LogP contribution in [0.4, 0.5) is 5.69 Å². The lowest BCUT2D eigenvalue weighted by molar-refractivity contribution is -0.117. The second-order valence-corrected chi connectivity index (χ2v) is 5.56. The van der Waals surface area contributed by atoms with Gasteiger partial charge in [0, 0.05) is 25.6 Å². The van der Waals surface area contributed by atoms with Crippen molar-refractivity contribution < 1.29 is 14.7 Å². The van der Waals surface area contributed by atoms with Gasteiger partial charge >= 0.3 is 0 Å². The monoisotopic (exact) mass is 265 g/mol. The number of thioether (sulfide) groups is 1. The predicted molar refractivity (Wildman–Crippen MR) is 71.7 cm³/mol. The molecule has 1 unspecified atom stereocenters. The molecule has 18 heavy (non-hydrogen) atoms. The zero-order valence-electron chi connectivity index (χ0n) is 10.1. The molecule has 96 valence electrons. The van der Waals surface area contributed by atoms with Gasteiger partial charge in [0.1, 0.15) is 5.75 Å². The van der Waals surface area contributed by atoms with Crippen LogP contribution < -0.4 is 4.90 Å². The van der Waals surface area contributed by atoms with Gasteiger partial charge < -0.3 is 10.0 Å². The fourth-order valence-corrected chi connectivity index (χ4v) is 2.75. The van der Waals surface area contributed by atoms with Crippen molar-refractivity contribution in [1.29, 1.82) is 0 Å². The summed E-state index contributed by atoms with van der Waals surface area (Å²) >= 11 is 1.25. The lowest BCUT2D eigenvalue weighted by atomic mass is 10.1. The van der Waals surface area contributed by atoms with E-state index < -0.39 is 0 Å². The molecule has 0 bridgehead atoms. The van der Waals surface area contributed by atoms with Crippen LogP contribution >= 0.6 is 11.8 Å². The number of para-hydroxylation sites is 2. The highest BCUT2D eigenvalue weighted by molar-refractivity contribution is 8.13. The Labute approximate surface area is 110 Å². The maximum atomic E-state index is 11.9. The molecule has 4 nitrogen and oxygen atoms in total. The Morgan fingerprint density at radius 2 is 2.22 bits per heavy atom. The van der Waals surface area contributed by atoms with Gasteiger partial charge in [-0.3, -0.25) is 9.59 Å². The van der Waals surface area contributed by atoms with Crippen LogP contribution in [-0.4, -0.2) is 28.4 Å². The second kappa shape index (κ2) is 5.44. The number of hydrogen-bond donors (Lipinski definition) is 1. The summed E-state index contributed by atoms with van der Waals surface area (Å²) in [5, 5.41) is 9.81. The molecule has 2 rings (SSSR count). The summed E-state index contributed by atoms with van der Waals surface area (Å²) in [4.78, 5) is 24.4. The Balaban J connectivity index is 2.06. The lowest BCUT2D eigenvalue weighted by Crippen LogP contribution is -2.24. The van der Waals surface area contributed by atoms with Crippen molar-refractivity contribution in [1.82, 2.24) is 0 Å². The van der Waals surface area contributed by atoms with E-state index >= 15 is 0 Å². The molecule has 1 amide bonds. The third-order valence-corrected chi connectivity index (χ3v) is 3.94. The van der Waals surface area contributed by atoms with Gasteiger partial charge in [-0.2, -0.15) is 0 Å². The summed E-state index contributed by atoms with van der Waals surface area (Å²) in [6.07, 6.45) is 0.439. The van der Waals surface area contributed by atoms with Crippen LogP contribution in [0.1, 0.15) is 13.3 Å². The second-order valence-electron chi connectivity index (χ2n) is 4.37. The number of aromatic hydroxyl groups is 1. The molecule has 1 saturated heterocycles. The molecule has 1 aromatic rings. The minimum atomic E-state index is 0.00523. The first-order valence-electron chi connectivity index (χ1n) is 5.79. The number of benzene rings is 1. The normalized spacial score (nSPS) is 19.3. The van der Waals surface area contributed by atoms with Gasteiger partial charge in [0.05, 0.1) is 5.69 Å². The highest BCUT2D eigenvalue weighted by Crippen LogP contribution is 2.32. The molecule has 0 aromatic heterocycles. The first-order chi connectivity index (χ1) is 8.58. The number of anilines is 1. The van der Waals surface area contributed by atoms with Gasteiger partial charge in [0.25, 0.3) is 0 Å². The zero-order valence-corrected chi connectivity index (χ0v) is 10.9. The van der Waals surface area contributed by atoms with Crippen LogP contribution in [0.2, 0.25) is 0 Å². The number of hydrogen-bond acceptors (Lipinski definition) is 4. The summed E-state index contributed by atoms with van der Waals surface area (Å²) in [7, 11) is 0. The molecule has 1 N–H and O–H groups in total. The van der Waals surface area contributed by atoms with E-state index in [0.29, 0.717) is 24.4 Å². The van der Waals surface area contributed by atoms with Crippen LogP contribution in [0.25, 0.3) is 0 Å². The van der Waals surface area contributed by atoms with Gasteiger partial charge in [0.15, 0.2) is 5.12 Å². The van der Waals surface area contributed by atoms with E-state index in [1.165, 1.54) is 18.7 Å². The molecule has 0 saturated carbocycles. The van der Waals surface area contributed by atoms with Crippen LogP contribution in [0.5, 0.6) is 5.75 Å². The van der Waals surface area contributed by atoms with Gasteiger partial charge in [0.2, 0.25) is 5.91 Å². The topological polar surface area (TPSA) is 57.6 Å². The average molecular weight is 265 g/mol. The summed E-state index contributed by atoms with van der Waals surface area (Å²) in [5.41, 5.74) is 0.554. The van der Waals surface area contributed by atoms with Crippen LogP contribution in [0, 0.1) is 5.92 Å². The molecular weight excluding hydrogens is 250 g/mol. The molecule has 0 radical (unpaired) electrons. The third-order valence-electron chi connectivity index (χ3n) is 2.90. The van der Waals surface area contributed by atoms with Gasteiger partial charge in [-0.25, -0.2) is 0 Å². The molecule has 0 aliphatic carbocycles. The first-order valence-corrected chi connectivity index (χ1v) is 6.78. The first kappa shape index (κ1) is 13.0. The van der Waals surface area contributed by atoms with E-state index in [9.17, 15) is 14.7 Å². The van der Waals surface area contributed by atoms with Gasteiger partial charge in [-0.1, -0.05) is 23.9 Å². The predicted octanol–water partition coefficient (Wildman–Crippen LogP) is 2.02. The molecule has 1 heterocycles. The Morgan fingerprint density at radius 3 is 2.89 bits per heavy atom. The van der Waals surface area contributed by atoms with Crippen LogP contribution in [0.3, 0.4) is 0 Å². The number of rotatable bonds is 3. The molecule has 1 aromatic carbocycles. The smallest absolute Gasteiger partial charge is 0.227 e. The summed E-state index contributed by atoms with van der Waals surface area (Å²) in [6.45, 7) is 2.10. The maximum Gasteiger partial charge on any atom is 0.227 e. The number of carbonyl (C=O) groups is 2. The summed E-state index contributed by atoms with van der Waals surface area (Å²) < 4.78 is 0. The largest absolute Gasteiger partial charge is 0.506 e. The third kappa shape index (κ3) is 2.85. The Bertz CT molecular complexity index is 475. The molecule has 1 atom stereocenters. The van der Waals surface area contributed by atoms with Gasteiger partial charge in [-0.15, -0.1) is 0 Å². The molecule has 5 heteroatoms. The quantitative estimate of drug-likeness (QED) is 0.908. The molecule has 1 aliphatic rings. The number of phenols is 1. The highest BCUT2D eigenvalue weighted by Gasteiger charge is 2.31. The van der Waals surface area contributed by atoms with Crippen molar-refractivity contribution in [3.05, 3.63) is 24.3 Å². The SMILES string of the molecule is CC(=O)SCC1CC(=O)N(c2ccccc2O)C1. The maximum absolute atomic E-state index is 11.9. The number of carbonyl (C=O) groups excluding carboxylic acids is 2. The summed E-state index contributed by atoms with van der Waals surface area (Å²) in [5.74, 6) is 0.952. The molecule has 1 fully saturated rings. The van der Waals surface area contributed by atoms with Crippen LogP contribution in [-0.2, 0) is 9.59 Å².